The molecule has 2 aromatic carbocycles. The van der Waals surface area contributed by atoms with E-state index >= 15 is 0 Å². The number of imidazole rings is 1. The summed E-state index contributed by atoms with van der Waals surface area (Å²) in [6.07, 6.45) is 6.54. The van der Waals surface area contributed by atoms with E-state index in [9.17, 15) is 4.39 Å². The van der Waals surface area contributed by atoms with Crippen molar-refractivity contribution < 1.29 is 4.39 Å². The lowest BCUT2D eigenvalue weighted by Gasteiger charge is -2.13. The molecule has 4 aromatic rings. The lowest BCUT2D eigenvalue weighted by molar-refractivity contribution is 0.629. The van der Waals surface area contributed by atoms with Crippen LogP contribution in [0.2, 0.25) is 0 Å². The van der Waals surface area contributed by atoms with Crippen molar-refractivity contribution in [3.8, 4) is 0 Å². The number of benzene rings is 2. The number of rotatable bonds is 7. The van der Waals surface area contributed by atoms with Crippen molar-refractivity contribution in [2.75, 3.05) is 13.6 Å². The highest BCUT2D eigenvalue weighted by Crippen LogP contribution is 2.19. The highest BCUT2D eigenvalue weighted by molar-refractivity contribution is 5.83. The second-order valence-electron chi connectivity index (χ2n) is 7.06. The molecule has 7 heteroatoms. The van der Waals surface area contributed by atoms with Gasteiger partial charge >= 0.3 is 0 Å². The number of aromatic amines is 1. The summed E-state index contributed by atoms with van der Waals surface area (Å²) in [7, 11) is 1.75. The molecule has 0 radical (unpaired) electrons. The standard InChI is InChI=1S/C23H25FN6/c1-25-23(27-10-9-18-14-28-21-13-19(24)7-8-20(18)21)29-15-22-26-11-12-30(22)16-17-5-3-2-4-6-17/h2-8,11-14,28H,9-10,15-16H2,1H3,(H2,25,27,29). The van der Waals surface area contributed by atoms with Crippen LogP contribution in [-0.2, 0) is 19.5 Å². The van der Waals surface area contributed by atoms with E-state index in [1.165, 1.54) is 17.7 Å². The Bertz CT molecular complexity index is 1130. The van der Waals surface area contributed by atoms with Crippen molar-refractivity contribution in [2.45, 2.75) is 19.5 Å². The van der Waals surface area contributed by atoms with Gasteiger partial charge in [-0.3, -0.25) is 4.99 Å². The summed E-state index contributed by atoms with van der Waals surface area (Å²) in [5.74, 6) is 1.43. The molecule has 30 heavy (non-hydrogen) atoms. The summed E-state index contributed by atoms with van der Waals surface area (Å²) in [5, 5.41) is 7.70. The van der Waals surface area contributed by atoms with Crippen molar-refractivity contribution in [3.05, 3.63) is 89.9 Å². The minimum absolute atomic E-state index is 0.232. The van der Waals surface area contributed by atoms with Crippen molar-refractivity contribution in [1.82, 2.24) is 25.2 Å². The normalized spacial score (nSPS) is 11.7. The predicted octanol–water partition coefficient (Wildman–Crippen LogP) is 3.46. The van der Waals surface area contributed by atoms with Gasteiger partial charge in [0.05, 0.1) is 6.54 Å². The summed E-state index contributed by atoms with van der Waals surface area (Å²) in [6, 6.07) is 15.1. The molecule has 0 saturated carbocycles. The molecule has 2 aromatic heterocycles. The molecule has 0 bridgehead atoms. The monoisotopic (exact) mass is 404 g/mol. The van der Waals surface area contributed by atoms with Gasteiger partial charge in [-0.1, -0.05) is 30.3 Å². The van der Waals surface area contributed by atoms with Gasteiger partial charge in [-0.15, -0.1) is 0 Å². The minimum Gasteiger partial charge on any atom is -0.361 e. The summed E-state index contributed by atoms with van der Waals surface area (Å²) in [5.41, 5.74) is 3.20. The second-order valence-corrected chi connectivity index (χ2v) is 7.06. The van der Waals surface area contributed by atoms with Crippen LogP contribution in [0.15, 0.2) is 72.1 Å². The third-order valence-corrected chi connectivity index (χ3v) is 5.05. The molecule has 2 heterocycles. The number of H-pyrrole nitrogens is 1. The van der Waals surface area contributed by atoms with Gasteiger partial charge in [0.15, 0.2) is 5.96 Å². The van der Waals surface area contributed by atoms with Crippen molar-refractivity contribution in [2.24, 2.45) is 4.99 Å². The minimum atomic E-state index is -0.232. The first kappa shape index (κ1) is 19.7. The molecule has 3 N–H and O–H groups in total. The number of halogens is 1. The van der Waals surface area contributed by atoms with E-state index in [1.807, 2.05) is 42.9 Å². The molecule has 154 valence electrons. The van der Waals surface area contributed by atoms with Crippen molar-refractivity contribution in [1.29, 1.82) is 0 Å². The molecule has 0 unspecified atom stereocenters. The van der Waals surface area contributed by atoms with E-state index in [0.29, 0.717) is 13.1 Å². The molecule has 4 rings (SSSR count). The fourth-order valence-electron chi connectivity index (χ4n) is 3.50. The van der Waals surface area contributed by atoms with Gasteiger partial charge in [-0.2, -0.15) is 0 Å². The lowest BCUT2D eigenvalue weighted by atomic mass is 10.1. The molecule has 0 fully saturated rings. The largest absolute Gasteiger partial charge is 0.361 e. The van der Waals surface area contributed by atoms with Gasteiger partial charge in [0.25, 0.3) is 0 Å². The maximum atomic E-state index is 13.3. The molecule has 0 atom stereocenters. The molecule has 0 aliphatic carbocycles. The molecule has 0 aliphatic heterocycles. The third kappa shape index (κ3) is 4.68. The molecule has 6 nitrogen and oxygen atoms in total. The van der Waals surface area contributed by atoms with Crippen LogP contribution in [0, 0.1) is 5.82 Å². The van der Waals surface area contributed by atoms with Crippen molar-refractivity contribution >= 4 is 16.9 Å². The maximum absolute atomic E-state index is 13.3. The number of aliphatic imine (C=N–C) groups is 1. The first-order valence-electron chi connectivity index (χ1n) is 9.97. The number of nitrogens with one attached hydrogen (secondary N) is 3. The van der Waals surface area contributed by atoms with E-state index in [1.54, 1.807) is 7.05 Å². The van der Waals surface area contributed by atoms with Gasteiger partial charge in [0.1, 0.15) is 11.6 Å². The molecule has 0 amide bonds. The van der Waals surface area contributed by atoms with Crippen LogP contribution in [-0.4, -0.2) is 34.1 Å². The van der Waals surface area contributed by atoms with Gasteiger partial charge in [0, 0.05) is 49.6 Å². The van der Waals surface area contributed by atoms with Crippen LogP contribution < -0.4 is 10.6 Å². The van der Waals surface area contributed by atoms with Gasteiger partial charge < -0.3 is 20.2 Å². The zero-order valence-electron chi connectivity index (χ0n) is 16.9. The smallest absolute Gasteiger partial charge is 0.191 e. The van der Waals surface area contributed by atoms with Gasteiger partial charge in [0.2, 0.25) is 0 Å². The third-order valence-electron chi connectivity index (χ3n) is 5.05. The Labute approximate surface area is 174 Å². The quantitative estimate of drug-likeness (QED) is 0.326. The van der Waals surface area contributed by atoms with E-state index < -0.39 is 0 Å². The van der Waals surface area contributed by atoms with Gasteiger partial charge in [-0.25, -0.2) is 9.37 Å². The Morgan fingerprint density at radius 3 is 2.87 bits per heavy atom. The van der Waals surface area contributed by atoms with Crippen LogP contribution >= 0.6 is 0 Å². The molecule has 0 saturated heterocycles. The SMILES string of the molecule is CN=C(NCCc1c[nH]c2cc(F)ccc12)NCc1nccn1Cc1ccccc1. The summed E-state index contributed by atoms with van der Waals surface area (Å²) in [4.78, 5) is 11.9. The molecular formula is C23H25FN6. The maximum Gasteiger partial charge on any atom is 0.191 e. The van der Waals surface area contributed by atoms with Crippen molar-refractivity contribution in [3.63, 3.8) is 0 Å². The number of hydrogen-bond acceptors (Lipinski definition) is 2. The molecule has 0 aliphatic rings. The van der Waals surface area contributed by atoms with Crippen LogP contribution in [0.5, 0.6) is 0 Å². The number of fused-ring (bicyclic) bond motifs is 1. The summed E-state index contributed by atoms with van der Waals surface area (Å²) in [6.45, 7) is 2.07. The Kier molecular flexibility index (Phi) is 6.08. The van der Waals surface area contributed by atoms with Crippen LogP contribution in [0.4, 0.5) is 4.39 Å². The first-order chi connectivity index (χ1) is 14.7. The number of aromatic nitrogens is 3. The zero-order valence-corrected chi connectivity index (χ0v) is 16.9. The Morgan fingerprint density at radius 2 is 2.03 bits per heavy atom. The van der Waals surface area contributed by atoms with E-state index in [-0.39, 0.29) is 5.82 Å². The Balaban J connectivity index is 1.30. The average Bonchev–Trinajstić information content (AvgIpc) is 3.37. The summed E-state index contributed by atoms with van der Waals surface area (Å²) >= 11 is 0. The predicted molar refractivity (Wildman–Crippen MR) is 118 cm³/mol. The molecule has 0 spiro atoms. The summed E-state index contributed by atoms with van der Waals surface area (Å²) < 4.78 is 15.5. The highest BCUT2D eigenvalue weighted by Gasteiger charge is 2.07. The number of nitrogens with zero attached hydrogens (tertiary/aromatic N) is 3. The number of guanidine groups is 1. The van der Waals surface area contributed by atoms with E-state index in [0.717, 1.165) is 41.2 Å². The zero-order chi connectivity index (χ0) is 20.8. The van der Waals surface area contributed by atoms with E-state index in [2.05, 4.69) is 42.3 Å². The van der Waals surface area contributed by atoms with Crippen LogP contribution in [0.25, 0.3) is 10.9 Å². The number of hydrogen-bond donors (Lipinski definition) is 3. The fourth-order valence-corrected chi connectivity index (χ4v) is 3.50. The Hall–Kier alpha value is -3.61. The second kappa shape index (κ2) is 9.26. The topological polar surface area (TPSA) is 70.0 Å². The lowest BCUT2D eigenvalue weighted by Crippen LogP contribution is -2.38. The Morgan fingerprint density at radius 1 is 1.17 bits per heavy atom. The van der Waals surface area contributed by atoms with Crippen LogP contribution in [0.3, 0.4) is 0 Å². The highest BCUT2D eigenvalue weighted by atomic mass is 19.1. The van der Waals surface area contributed by atoms with Gasteiger partial charge in [-0.05, 0) is 35.7 Å². The fraction of sp³-hybridized carbons (Fsp3) is 0.217. The van der Waals surface area contributed by atoms with Crippen LogP contribution in [0.1, 0.15) is 17.0 Å². The average molecular weight is 404 g/mol. The molecular weight excluding hydrogens is 379 g/mol. The first-order valence-corrected chi connectivity index (χ1v) is 9.97. The van der Waals surface area contributed by atoms with E-state index in [4.69, 9.17) is 0 Å².